The first-order valence-corrected chi connectivity index (χ1v) is 9.12. The lowest BCUT2D eigenvalue weighted by Crippen LogP contribution is -2.28. The lowest BCUT2D eigenvalue weighted by molar-refractivity contribution is 0.0696. The van der Waals surface area contributed by atoms with Crippen LogP contribution in [0.4, 0.5) is 0 Å². The lowest BCUT2D eigenvalue weighted by Gasteiger charge is -2.28. The van der Waals surface area contributed by atoms with Crippen molar-refractivity contribution in [1.82, 2.24) is 9.88 Å². The van der Waals surface area contributed by atoms with Crippen LogP contribution in [0.1, 0.15) is 27.2 Å². The number of rotatable bonds is 2. The fourth-order valence-electron chi connectivity index (χ4n) is 3.52. The molecule has 5 heteroatoms. The second kappa shape index (κ2) is 6.67. The third-order valence-electron chi connectivity index (χ3n) is 4.57. The van der Waals surface area contributed by atoms with E-state index >= 15 is 0 Å². The van der Waals surface area contributed by atoms with Crippen molar-refractivity contribution in [3.63, 3.8) is 0 Å². The van der Waals surface area contributed by atoms with Gasteiger partial charge in [0.25, 0.3) is 0 Å². The van der Waals surface area contributed by atoms with Gasteiger partial charge in [0.05, 0.1) is 16.8 Å². The van der Waals surface area contributed by atoms with Gasteiger partial charge in [0.2, 0.25) is 0 Å². The van der Waals surface area contributed by atoms with Crippen molar-refractivity contribution >= 4 is 44.5 Å². The standard InChI is InChI=1S/C21H17BrN2O2/c1-24-11-14(9-13-5-4-6-15(22)10-13)20-17(12-24)19(21(25)26)16-7-2-3-8-18(16)23-20/h2-10H,11-12H2,1H3,(H,25,26). The molecule has 130 valence electrons. The predicted molar refractivity (Wildman–Crippen MR) is 107 cm³/mol. The Labute approximate surface area is 159 Å². The number of likely N-dealkylation sites (N-methyl/N-ethyl adjacent to an activating group) is 1. The normalized spacial score (nSPS) is 16.0. The van der Waals surface area contributed by atoms with Gasteiger partial charge in [-0.3, -0.25) is 4.90 Å². The Hall–Kier alpha value is -2.50. The Morgan fingerprint density at radius 1 is 1.19 bits per heavy atom. The first-order valence-electron chi connectivity index (χ1n) is 8.33. The molecule has 0 unspecified atom stereocenters. The first-order chi connectivity index (χ1) is 12.5. The van der Waals surface area contributed by atoms with Gasteiger partial charge in [0.1, 0.15) is 0 Å². The molecule has 0 saturated carbocycles. The zero-order chi connectivity index (χ0) is 18.3. The molecule has 4 rings (SSSR count). The van der Waals surface area contributed by atoms with E-state index in [-0.39, 0.29) is 0 Å². The van der Waals surface area contributed by atoms with E-state index in [1.807, 2.05) is 55.6 Å². The SMILES string of the molecule is CN1CC(=Cc2cccc(Br)c2)c2nc3ccccc3c(C(=O)O)c2C1. The van der Waals surface area contributed by atoms with E-state index in [4.69, 9.17) is 4.98 Å². The second-order valence-electron chi connectivity index (χ2n) is 6.53. The molecule has 0 fully saturated rings. The van der Waals surface area contributed by atoms with Crippen molar-refractivity contribution in [3.8, 4) is 0 Å². The predicted octanol–water partition coefficient (Wildman–Crippen LogP) is 4.68. The summed E-state index contributed by atoms with van der Waals surface area (Å²) >= 11 is 3.50. The van der Waals surface area contributed by atoms with E-state index in [0.717, 1.165) is 33.4 Å². The van der Waals surface area contributed by atoms with Gasteiger partial charge in [-0.2, -0.15) is 0 Å². The molecule has 1 N–H and O–H groups in total. The number of fused-ring (bicyclic) bond motifs is 2. The number of aromatic nitrogens is 1. The Balaban J connectivity index is 1.99. The van der Waals surface area contributed by atoms with Crippen molar-refractivity contribution in [3.05, 3.63) is 75.4 Å². The molecule has 2 aromatic carbocycles. The average molecular weight is 409 g/mol. The summed E-state index contributed by atoms with van der Waals surface area (Å²) in [4.78, 5) is 19.0. The summed E-state index contributed by atoms with van der Waals surface area (Å²) < 4.78 is 1.01. The molecule has 26 heavy (non-hydrogen) atoms. The van der Waals surface area contributed by atoms with Crippen LogP contribution in [0.5, 0.6) is 0 Å². The summed E-state index contributed by atoms with van der Waals surface area (Å²) in [6.45, 7) is 1.30. The zero-order valence-electron chi connectivity index (χ0n) is 14.2. The molecule has 4 nitrogen and oxygen atoms in total. The number of aromatic carboxylic acids is 1. The highest BCUT2D eigenvalue weighted by Crippen LogP contribution is 2.33. The minimum absolute atomic E-state index is 0.359. The molecular formula is C21H17BrN2O2. The minimum Gasteiger partial charge on any atom is -0.478 e. The number of hydrogen-bond acceptors (Lipinski definition) is 3. The molecule has 1 aliphatic heterocycles. The van der Waals surface area contributed by atoms with E-state index in [1.165, 1.54) is 0 Å². The highest BCUT2D eigenvalue weighted by molar-refractivity contribution is 9.10. The van der Waals surface area contributed by atoms with E-state index < -0.39 is 5.97 Å². The molecule has 0 spiro atoms. The molecule has 0 amide bonds. The van der Waals surface area contributed by atoms with Gasteiger partial charge in [-0.25, -0.2) is 9.78 Å². The summed E-state index contributed by atoms with van der Waals surface area (Å²) in [6, 6.07) is 15.5. The second-order valence-corrected chi connectivity index (χ2v) is 7.45. The highest BCUT2D eigenvalue weighted by atomic mass is 79.9. The van der Waals surface area contributed by atoms with Crippen LogP contribution in [-0.4, -0.2) is 34.6 Å². The Bertz CT molecular complexity index is 1060. The van der Waals surface area contributed by atoms with Crippen LogP contribution in [0.15, 0.2) is 53.0 Å². The maximum Gasteiger partial charge on any atom is 0.336 e. The van der Waals surface area contributed by atoms with Crippen molar-refractivity contribution in [2.75, 3.05) is 13.6 Å². The number of carbonyl (C=O) groups is 1. The van der Waals surface area contributed by atoms with Crippen LogP contribution in [-0.2, 0) is 6.54 Å². The molecule has 0 aliphatic carbocycles. The fraction of sp³-hybridized carbons (Fsp3) is 0.143. The van der Waals surface area contributed by atoms with Gasteiger partial charge in [0, 0.05) is 28.5 Å². The summed E-state index contributed by atoms with van der Waals surface area (Å²) in [6.07, 6.45) is 2.09. The van der Waals surface area contributed by atoms with Crippen molar-refractivity contribution in [2.24, 2.45) is 0 Å². The largest absolute Gasteiger partial charge is 0.478 e. The van der Waals surface area contributed by atoms with E-state index in [0.29, 0.717) is 23.0 Å². The number of para-hydroxylation sites is 1. The molecular weight excluding hydrogens is 392 g/mol. The van der Waals surface area contributed by atoms with Gasteiger partial charge in [0.15, 0.2) is 0 Å². The molecule has 1 aromatic heterocycles. The van der Waals surface area contributed by atoms with Crippen LogP contribution in [0.25, 0.3) is 22.6 Å². The minimum atomic E-state index is -0.906. The maximum atomic E-state index is 12.0. The molecule has 0 bridgehead atoms. The lowest BCUT2D eigenvalue weighted by atomic mass is 9.92. The van der Waals surface area contributed by atoms with E-state index in [2.05, 4.69) is 26.9 Å². The molecule has 0 saturated heterocycles. The number of benzene rings is 2. The van der Waals surface area contributed by atoms with Crippen molar-refractivity contribution < 1.29 is 9.90 Å². The fourth-order valence-corrected chi connectivity index (χ4v) is 3.94. The van der Waals surface area contributed by atoms with Crippen molar-refractivity contribution in [1.29, 1.82) is 0 Å². The van der Waals surface area contributed by atoms with Gasteiger partial charge < -0.3 is 5.11 Å². The van der Waals surface area contributed by atoms with Gasteiger partial charge in [-0.05, 0) is 42.5 Å². The molecule has 1 aliphatic rings. The van der Waals surface area contributed by atoms with E-state index in [9.17, 15) is 9.90 Å². The first kappa shape index (κ1) is 16.9. The number of carboxylic acids is 1. The third kappa shape index (κ3) is 3.04. The molecule has 2 heterocycles. The summed E-state index contributed by atoms with van der Waals surface area (Å²) in [5, 5.41) is 10.6. The Morgan fingerprint density at radius 2 is 2.00 bits per heavy atom. The topological polar surface area (TPSA) is 53.4 Å². The number of halogens is 1. The average Bonchev–Trinajstić information content (AvgIpc) is 2.59. The Morgan fingerprint density at radius 3 is 2.77 bits per heavy atom. The highest BCUT2D eigenvalue weighted by Gasteiger charge is 2.26. The van der Waals surface area contributed by atoms with Crippen LogP contribution < -0.4 is 0 Å². The number of hydrogen-bond donors (Lipinski definition) is 1. The zero-order valence-corrected chi connectivity index (χ0v) is 15.8. The smallest absolute Gasteiger partial charge is 0.336 e. The van der Waals surface area contributed by atoms with Crippen LogP contribution >= 0.6 is 15.9 Å². The quantitative estimate of drug-likeness (QED) is 0.668. The number of nitrogens with zero attached hydrogens (tertiary/aromatic N) is 2. The van der Waals surface area contributed by atoms with Crippen molar-refractivity contribution in [2.45, 2.75) is 6.54 Å². The van der Waals surface area contributed by atoms with Crippen LogP contribution in [0.3, 0.4) is 0 Å². The number of pyridine rings is 1. The van der Waals surface area contributed by atoms with Crippen LogP contribution in [0.2, 0.25) is 0 Å². The summed E-state index contributed by atoms with van der Waals surface area (Å²) in [5.74, 6) is -0.906. The molecule has 3 aromatic rings. The molecule has 0 atom stereocenters. The number of carboxylic acid groups (broad SMARTS) is 1. The monoisotopic (exact) mass is 408 g/mol. The van der Waals surface area contributed by atoms with Gasteiger partial charge in [-0.15, -0.1) is 0 Å². The third-order valence-corrected chi connectivity index (χ3v) is 5.06. The summed E-state index contributed by atoms with van der Waals surface area (Å²) in [7, 11) is 2.00. The van der Waals surface area contributed by atoms with Gasteiger partial charge in [-0.1, -0.05) is 46.3 Å². The molecule has 0 radical (unpaired) electrons. The van der Waals surface area contributed by atoms with Crippen LogP contribution in [0, 0.1) is 0 Å². The van der Waals surface area contributed by atoms with Gasteiger partial charge >= 0.3 is 5.97 Å². The Kier molecular flexibility index (Phi) is 4.34. The van der Waals surface area contributed by atoms with E-state index in [1.54, 1.807) is 0 Å². The maximum absolute atomic E-state index is 12.0. The summed E-state index contributed by atoms with van der Waals surface area (Å²) in [5.41, 5.74) is 4.73.